The van der Waals surface area contributed by atoms with E-state index in [1.54, 1.807) is 26.2 Å². The molecule has 212 valence electrons. The Labute approximate surface area is 235 Å². The van der Waals surface area contributed by atoms with Gasteiger partial charge in [-0.05, 0) is 60.4 Å². The number of hydrogen-bond donors (Lipinski definition) is 2. The van der Waals surface area contributed by atoms with Crippen molar-refractivity contribution in [2.24, 2.45) is 0 Å². The number of alkyl halides is 3. The van der Waals surface area contributed by atoms with Crippen molar-refractivity contribution < 1.29 is 37.3 Å². The number of allylic oxidation sites excluding steroid dienone is 3. The number of phenolic OH excluding ortho intramolecular Hbond substituents is 1. The molecule has 0 aromatic heterocycles. The zero-order valence-electron chi connectivity index (χ0n) is 22.4. The molecule has 2 N–H and O–H groups in total. The summed E-state index contributed by atoms with van der Waals surface area (Å²) >= 11 is 0. The van der Waals surface area contributed by atoms with Crippen LogP contribution in [0.3, 0.4) is 0 Å². The minimum atomic E-state index is -4.47. The van der Waals surface area contributed by atoms with Gasteiger partial charge in [-0.25, -0.2) is 4.79 Å². The van der Waals surface area contributed by atoms with Crippen molar-refractivity contribution in [2.45, 2.75) is 44.4 Å². The number of phenols is 1. The molecule has 3 aromatic rings. The number of nitrogens with one attached hydrogen (secondary N) is 1. The van der Waals surface area contributed by atoms with Gasteiger partial charge in [0.1, 0.15) is 18.1 Å². The number of ketones is 1. The molecular weight excluding hydrogens is 535 g/mol. The number of para-hydroxylation sites is 1. The van der Waals surface area contributed by atoms with E-state index in [4.69, 9.17) is 9.47 Å². The van der Waals surface area contributed by atoms with Crippen LogP contribution in [-0.2, 0) is 27.1 Å². The second-order valence-electron chi connectivity index (χ2n) is 10.1. The second-order valence-corrected chi connectivity index (χ2v) is 10.1. The van der Waals surface area contributed by atoms with E-state index in [0.717, 1.165) is 17.7 Å². The minimum absolute atomic E-state index is 0.0199. The van der Waals surface area contributed by atoms with Crippen molar-refractivity contribution in [1.29, 1.82) is 0 Å². The number of carbonyl (C=O) groups excluding carboxylic acids is 2. The number of rotatable bonds is 6. The predicted octanol–water partition coefficient (Wildman–Crippen LogP) is 6.52. The standard InChI is InChI=1S/C32H28F3NO5/c1-18-28(31(39)41-17-19-10-12-22(13-11-19)32(33,34)35)29(20-6-5-7-23(37)14-20)30-25(36-18)15-21(16-26(30)38)24-8-3-4-9-27(24)40-2/h3-14,21,29,36-37H,15-17H2,1-2H3/t21-,29-/m1/s1. The number of esters is 1. The molecule has 1 heterocycles. The third-order valence-corrected chi connectivity index (χ3v) is 7.48. The van der Waals surface area contributed by atoms with E-state index >= 15 is 0 Å². The number of hydrogen-bond acceptors (Lipinski definition) is 6. The molecule has 9 heteroatoms. The van der Waals surface area contributed by atoms with Gasteiger partial charge in [0, 0.05) is 35.2 Å². The molecule has 41 heavy (non-hydrogen) atoms. The lowest BCUT2D eigenvalue weighted by molar-refractivity contribution is -0.141. The molecule has 0 unspecified atom stereocenters. The van der Waals surface area contributed by atoms with Gasteiger partial charge < -0.3 is 19.9 Å². The number of halogens is 3. The van der Waals surface area contributed by atoms with Gasteiger partial charge in [0.2, 0.25) is 0 Å². The van der Waals surface area contributed by atoms with E-state index in [1.165, 1.54) is 24.3 Å². The minimum Gasteiger partial charge on any atom is -0.508 e. The average Bonchev–Trinajstić information content (AvgIpc) is 2.94. The van der Waals surface area contributed by atoms with Crippen molar-refractivity contribution >= 4 is 11.8 Å². The van der Waals surface area contributed by atoms with E-state index in [0.29, 0.717) is 40.3 Å². The number of aromatic hydroxyl groups is 1. The van der Waals surface area contributed by atoms with Crippen molar-refractivity contribution in [3.8, 4) is 11.5 Å². The molecule has 3 aromatic carbocycles. The van der Waals surface area contributed by atoms with Crippen LogP contribution in [0.2, 0.25) is 0 Å². The van der Waals surface area contributed by atoms with Gasteiger partial charge in [0.05, 0.1) is 18.2 Å². The molecule has 2 aliphatic rings. The van der Waals surface area contributed by atoms with Crippen LogP contribution in [-0.4, -0.2) is 24.0 Å². The summed E-state index contributed by atoms with van der Waals surface area (Å²) in [6.07, 6.45) is -3.77. The Morgan fingerprint density at radius 2 is 1.76 bits per heavy atom. The molecule has 1 aliphatic heterocycles. The first kappa shape index (κ1) is 28.0. The van der Waals surface area contributed by atoms with Crippen LogP contribution in [0.1, 0.15) is 53.9 Å². The molecule has 0 bridgehead atoms. The Bertz CT molecular complexity index is 1560. The average molecular weight is 564 g/mol. The first-order chi connectivity index (χ1) is 19.6. The van der Waals surface area contributed by atoms with Crippen LogP contribution < -0.4 is 10.1 Å². The highest BCUT2D eigenvalue weighted by Gasteiger charge is 2.42. The number of dihydropyridines is 1. The van der Waals surface area contributed by atoms with E-state index in [2.05, 4.69) is 5.32 Å². The Hall–Kier alpha value is -4.53. The maximum Gasteiger partial charge on any atom is 0.416 e. The summed E-state index contributed by atoms with van der Waals surface area (Å²) in [5.41, 5.74) is 2.84. The Morgan fingerprint density at radius 3 is 2.44 bits per heavy atom. The van der Waals surface area contributed by atoms with Gasteiger partial charge >= 0.3 is 12.1 Å². The first-order valence-corrected chi connectivity index (χ1v) is 13.1. The lowest BCUT2D eigenvalue weighted by Crippen LogP contribution is -2.36. The molecule has 6 nitrogen and oxygen atoms in total. The summed E-state index contributed by atoms with van der Waals surface area (Å²) in [4.78, 5) is 27.3. The lowest BCUT2D eigenvalue weighted by atomic mass is 9.71. The SMILES string of the molecule is COc1ccccc1[C@H]1CC(=O)C2=C(C1)NC(C)=C(C(=O)OCc1ccc(C(F)(F)F)cc1)[C@H]2c1cccc(O)c1. The van der Waals surface area contributed by atoms with Gasteiger partial charge in [-0.2, -0.15) is 13.2 Å². The summed E-state index contributed by atoms with van der Waals surface area (Å²) in [6, 6.07) is 18.3. The topological polar surface area (TPSA) is 84.9 Å². The number of methoxy groups -OCH3 is 1. The fourth-order valence-corrected chi connectivity index (χ4v) is 5.59. The molecule has 0 amide bonds. The Kier molecular flexibility index (Phi) is 7.62. The third-order valence-electron chi connectivity index (χ3n) is 7.48. The summed E-state index contributed by atoms with van der Waals surface area (Å²) in [7, 11) is 1.58. The van der Waals surface area contributed by atoms with Crippen molar-refractivity contribution in [3.63, 3.8) is 0 Å². The molecular formula is C32H28F3NO5. The van der Waals surface area contributed by atoms with E-state index < -0.39 is 23.6 Å². The highest BCUT2D eigenvalue weighted by molar-refractivity contribution is 6.04. The van der Waals surface area contributed by atoms with Gasteiger partial charge in [-0.15, -0.1) is 0 Å². The molecule has 0 saturated heterocycles. The number of ether oxygens (including phenoxy) is 2. The molecule has 0 spiro atoms. The van der Waals surface area contributed by atoms with Gasteiger partial charge in [-0.1, -0.05) is 42.5 Å². The monoisotopic (exact) mass is 563 g/mol. The third kappa shape index (κ3) is 5.70. The van der Waals surface area contributed by atoms with Crippen LogP contribution in [0.5, 0.6) is 11.5 Å². The van der Waals surface area contributed by atoms with Crippen LogP contribution in [0.25, 0.3) is 0 Å². The molecule has 1 aliphatic carbocycles. The number of Topliss-reactive ketones (excluding diaryl/α,β-unsaturated/α-hetero) is 1. The first-order valence-electron chi connectivity index (χ1n) is 13.1. The Balaban J connectivity index is 1.47. The number of benzene rings is 3. The van der Waals surface area contributed by atoms with Crippen LogP contribution >= 0.6 is 0 Å². The smallest absolute Gasteiger partial charge is 0.416 e. The van der Waals surface area contributed by atoms with E-state index in [1.807, 2.05) is 24.3 Å². The van der Waals surface area contributed by atoms with Gasteiger partial charge in [0.25, 0.3) is 0 Å². The summed E-state index contributed by atoms with van der Waals surface area (Å²) in [5.74, 6) is -1.14. The fraction of sp³-hybridized carbons (Fsp3) is 0.250. The van der Waals surface area contributed by atoms with Crippen molar-refractivity contribution in [1.82, 2.24) is 5.32 Å². The van der Waals surface area contributed by atoms with Gasteiger partial charge in [0.15, 0.2) is 5.78 Å². The van der Waals surface area contributed by atoms with Crippen molar-refractivity contribution in [3.05, 3.63) is 118 Å². The van der Waals surface area contributed by atoms with Crippen LogP contribution in [0, 0.1) is 0 Å². The Morgan fingerprint density at radius 1 is 1.02 bits per heavy atom. The maximum absolute atomic E-state index is 13.8. The maximum atomic E-state index is 13.8. The summed E-state index contributed by atoms with van der Waals surface area (Å²) in [5, 5.41) is 13.5. The second kappa shape index (κ2) is 11.2. The largest absolute Gasteiger partial charge is 0.508 e. The van der Waals surface area contributed by atoms with Gasteiger partial charge in [-0.3, -0.25) is 4.79 Å². The highest BCUT2D eigenvalue weighted by Crippen LogP contribution is 2.47. The zero-order valence-corrected chi connectivity index (χ0v) is 22.4. The summed E-state index contributed by atoms with van der Waals surface area (Å²) < 4.78 is 49.8. The molecule has 0 saturated carbocycles. The lowest BCUT2D eigenvalue weighted by Gasteiger charge is -2.37. The summed E-state index contributed by atoms with van der Waals surface area (Å²) in [6.45, 7) is 1.46. The van der Waals surface area contributed by atoms with E-state index in [9.17, 15) is 27.9 Å². The molecule has 5 rings (SSSR count). The van der Waals surface area contributed by atoms with E-state index in [-0.39, 0.29) is 36.1 Å². The van der Waals surface area contributed by atoms with Crippen LogP contribution in [0.4, 0.5) is 13.2 Å². The zero-order chi connectivity index (χ0) is 29.3. The normalized spacial score (nSPS) is 19.0. The molecule has 0 fully saturated rings. The number of carbonyl (C=O) groups is 2. The molecule has 0 radical (unpaired) electrons. The predicted molar refractivity (Wildman–Crippen MR) is 145 cm³/mol. The highest BCUT2D eigenvalue weighted by atomic mass is 19.4. The van der Waals surface area contributed by atoms with Crippen LogP contribution in [0.15, 0.2) is 95.3 Å². The van der Waals surface area contributed by atoms with Crippen molar-refractivity contribution in [2.75, 3.05) is 7.11 Å². The fourth-order valence-electron chi connectivity index (χ4n) is 5.59. The molecule has 2 atom stereocenters. The quantitative estimate of drug-likeness (QED) is 0.332.